The van der Waals surface area contributed by atoms with Crippen LogP contribution in [-0.4, -0.2) is 30.0 Å². The monoisotopic (exact) mass is 276 g/mol. The van der Waals surface area contributed by atoms with E-state index in [9.17, 15) is 9.90 Å². The van der Waals surface area contributed by atoms with E-state index in [-0.39, 0.29) is 13.0 Å². The molecule has 1 aromatic heterocycles. The van der Waals surface area contributed by atoms with Gasteiger partial charge in [-0.2, -0.15) is 0 Å². The third-order valence-corrected chi connectivity index (χ3v) is 3.14. The Hall–Kier alpha value is -2.11. The highest BCUT2D eigenvalue weighted by Gasteiger charge is 2.17. The highest BCUT2D eigenvalue weighted by Crippen LogP contribution is 2.29. The lowest BCUT2D eigenvalue weighted by Crippen LogP contribution is -2.16. The first-order valence-electron chi connectivity index (χ1n) is 6.13. The number of benzene rings is 1. The average molecular weight is 276 g/mol. The lowest BCUT2D eigenvalue weighted by molar-refractivity contribution is 0.187. The lowest BCUT2D eigenvalue weighted by atomic mass is 10.00. The fraction of sp³-hybridized carbons (Fsp3) is 0.267. The Kier molecular flexibility index (Phi) is 4.22. The van der Waals surface area contributed by atoms with Crippen LogP contribution < -0.4 is 10.4 Å². The van der Waals surface area contributed by atoms with Crippen molar-refractivity contribution >= 4 is 11.0 Å². The highest BCUT2D eigenvalue weighted by atomic mass is 16.5. The van der Waals surface area contributed by atoms with E-state index in [1.165, 1.54) is 13.2 Å². The average Bonchev–Trinajstić information content (AvgIpc) is 2.46. The molecule has 2 aromatic rings. The van der Waals surface area contributed by atoms with Gasteiger partial charge in [0, 0.05) is 23.4 Å². The number of hydrogen-bond donors (Lipinski definition) is 2. The third-order valence-electron chi connectivity index (χ3n) is 3.14. The van der Waals surface area contributed by atoms with Gasteiger partial charge in [0.2, 0.25) is 0 Å². The van der Waals surface area contributed by atoms with Gasteiger partial charge >= 0.3 is 5.63 Å². The fourth-order valence-corrected chi connectivity index (χ4v) is 2.00. The topological polar surface area (TPSA) is 79.9 Å². The van der Waals surface area contributed by atoms with Crippen LogP contribution in [-0.2, 0) is 6.42 Å². The summed E-state index contributed by atoms with van der Waals surface area (Å²) in [6.07, 6.45) is -0.794. The number of fused-ring (bicyclic) bond motifs is 1. The molecular formula is C15H16O5. The molecule has 2 N–H and O–H groups in total. The van der Waals surface area contributed by atoms with Crippen molar-refractivity contribution in [1.82, 2.24) is 0 Å². The van der Waals surface area contributed by atoms with Crippen LogP contribution in [0.5, 0.6) is 5.75 Å². The Bertz CT molecular complexity index is 686. The van der Waals surface area contributed by atoms with Crippen LogP contribution in [0, 0.1) is 0 Å². The summed E-state index contributed by atoms with van der Waals surface area (Å²) in [7, 11) is 1.50. The van der Waals surface area contributed by atoms with Crippen LogP contribution in [0.1, 0.15) is 5.56 Å². The molecule has 1 unspecified atom stereocenters. The Morgan fingerprint density at radius 1 is 1.40 bits per heavy atom. The van der Waals surface area contributed by atoms with Crippen molar-refractivity contribution in [2.24, 2.45) is 0 Å². The molecule has 1 heterocycles. The van der Waals surface area contributed by atoms with E-state index in [4.69, 9.17) is 14.3 Å². The number of methoxy groups -OCH3 is 1. The second kappa shape index (κ2) is 5.90. The minimum atomic E-state index is -0.940. The smallest absolute Gasteiger partial charge is 0.336 e. The van der Waals surface area contributed by atoms with Gasteiger partial charge in [0.1, 0.15) is 11.3 Å². The molecule has 0 aliphatic carbocycles. The molecule has 0 radical (unpaired) electrons. The number of ether oxygens (including phenoxy) is 1. The van der Waals surface area contributed by atoms with E-state index in [1.54, 1.807) is 18.2 Å². The van der Waals surface area contributed by atoms with Gasteiger partial charge in [0.15, 0.2) is 0 Å². The van der Waals surface area contributed by atoms with Crippen LogP contribution >= 0.6 is 0 Å². The van der Waals surface area contributed by atoms with E-state index in [0.29, 0.717) is 22.5 Å². The molecule has 0 aliphatic heterocycles. The standard InChI is InChI=1S/C15H16O5/c1-9(8-16)12(17)7-11-13(19-2)5-3-10-4-6-14(18)20-15(10)11/h3-6,12,16-17H,1,7-8H2,2H3. The first-order valence-corrected chi connectivity index (χ1v) is 6.13. The first kappa shape index (κ1) is 14.3. The van der Waals surface area contributed by atoms with Crippen molar-refractivity contribution < 1.29 is 19.4 Å². The van der Waals surface area contributed by atoms with Gasteiger partial charge < -0.3 is 19.4 Å². The summed E-state index contributed by atoms with van der Waals surface area (Å²) in [6, 6.07) is 6.50. The molecule has 0 aliphatic rings. The van der Waals surface area contributed by atoms with Crippen molar-refractivity contribution in [3.8, 4) is 5.75 Å². The molecule has 5 nitrogen and oxygen atoms in total. The van der Waals surface area contributed by atoms with Crippen molar-refractivity contribution in [2.75, 3.05) is 13.7 Å². The second-order valence-corrected chi connectivity index (χ2v) is 4.46. The molecular weight excluding hydrogens is 260 g/mol. The Labute approximate surface area is 115 Å². The van der Waals surface area contributed by atoms with Gasteiger partial charge in [0.25, 0.3) is 0 Å². The van der Waals surface area contributed by atoms with Crippen LogP contribution in [0.3, 0.4) is 0 Å². The van der Waals surface area contributed by atoms with Crippen LogP contribution in [0.15, 0.2) is 45.6 Å². The van der Waals surface area contributed by atoms with Crippen LogP contribution in [0.4, 0.5) is 0 Å². The van der Waals surface area contributed by atoms with E-state index >= 15 is 0 Å². The summed E-state index contributed by atoms with van der Waals surface area (Å²) in [5.74, 6) is 0.511. The number of rotatable bonds is 5. The molecule has 1 atom stereocenters. The maximum Gasteiger partial charge on any atom is 0.336 e. The fourth-order valence-electron chi connectivity index (χ4n) is 2.00. The molecule has 106 valence electrons. The number of aliphatic hydroxyl groups is 2. The van der Waals surface area contributed by atoms with E-state index in [2.05, 4.69) is 6.58 Å². The van der Waals surface area contributed by atoms with Gasteiger partial charge in [-0.15, -0.1) is 0 Å². The summed E-state index contributed by atoms with van der Waals surface area (Å²) >= 11 is 0. The molecule has 0 spiro atoms. The maximum atomic E-state index is 11.4. The Morgan fingerprint density at radius 2 is 2.10 bits per heavy atom. The summed E-state index contributed by atoms with van der Waals surface area (Å²) in [4.78, 5) is 11.4. The minimum Gasteiger partial charge on any atom is -0.496 e. The first-order chi connectivity index (χ1) is 9.56. The molecule has 0 amide bonds. The molecule has 0 saturated heterocycles. The second-order valence-electron chi connectivity index (χ2n) is 4.46. The predicted octanol–water partition coefficient (Wildman–Crippen LogP) is 1.25. The molecule has 0 saturated carbocycles. The van der Waals surface area contributed by atoms with Gasteiger partial charge in [-0.1, -0.05) is 6.58 Å². The SMILES string of the molecule is C=C(CO)C(O)Cc1c(OC)ccc2ccc(=O)oc12. The molecule has 0 fully saturated rings. The molecule has 2 rings (SSSR count). The van der Waals surface area contributed by atoms with E-state index in [0.717, 1.165) is 5.39 Å². The summed E-state index contributed by atoms with van der Waals surface area (Å²) in [5.41, 5.74) is 0.774. The maximum absolute atomic E-state index is 11.4. The van der Waals surface area contributed by atoms with E-state index < -0.39 is 11.7 Å². The molecule has 20 heavy (non-hydrogen) atoms. The van der Waals surface area contributed by atoms with Gasteiger partial charge in [0.05, 0.1) is 19.8 Å². The van der Waals surface area contributed by atoms with Gasteiger partial charge in [-0.25, -0.2) is 4.79 Å². The lowest BCUT2D eigenvalue weighted by Gasteiger charge is -2.15. The van der Waals surface area contributed by atoms with Gasteiger partial charge in [-0.3, -0.25) is 0 Å². The zero-order valence-electron chi connectivity index (χ0n) is 11.1. The van der Waals surface area contributed by atoms with Crippen LogP contribution in [0.25, 0.3) is 11.0 Å². The quantitative estimate of drug-likeness (QED) is 0.634. The van der Waals surface area contributed by atoms with Crippen molar-refractivity contribution in [3.05, 3.63) is 52.4 Å². The normalized spacial score (nSPS) is 12.3. The van der Waals surface area contributed by atoms with Crippen molar-refractivity contribution in [3.63, 3.8) is 0 Å². The van der Waals surface area contributed by atoms with Crippen molar-refractivity contribution in [1.29, 1.82) is 0 Å². The zero-order chi connectivity index (χ0) is 14.7. The highest BCUT2D eigenvalue weighted by molar-refractivity contribution is 5.82. The third kappa shape index (κ3) is 2.74. The number of aliphatic hydroxyl groups excluding tert-OH is 2. The minimum absolute atomic E-state index is 0.146. The summed E-state index contributed by atoms with van der Waals surface area (Å²) in [6.45, 7) is 3.28. The molecule has 1 aromatic carbocycles. The molecule has 0 bridgehead atoms. The molecule has 5 heteroatoms. The zero-order valence-corrected chi connectivity index (χ0v) is 11.1. The van der Waals surface area contributed by atoms with Gasteiger partial charge in [-0.05, 0) is 23.8 Å². The Morgan fingerprint density at radius 3 is 2.75 bits per heavy atom. The van der Waals surface area contributed by atoms with Crippen molar-refractivity contribution in [2.45, 2.75) is 12.5 Å². The Balaban J connectivity index is 2.56. The summed E-state index contributed by atoms with van der Waals surface area (Å²) < 4.78 is 10.5. The number of hydrogen-bond acceptors (Lipinski definition) is 5. The van der Waals surface area contributed by atoms with Crippen LogP contribution in [0.2, 0.25) is 0 Å². The summed E-state index contributed by atoms with van der Waals surface area (Å²) in [5, 5.41) is 19.7. The van der Waals surface area contributed by atoms with E-state index in [1.807, 2.05) is 0 Å². The largest absolute Gasteiger partial charge is 0.496 e. The predicted molar refractivity (Wildman–Crippen MR) is 75.0 cm³/mol.